The fraction of sp³-hybridized carbons (Fsp3) is 0.909. The van der Waals surface area contributed by atoms with E-state index in [0.717, 1.165) is 12.8 Å². The number of carbonyl (C=O) groups is 1. The van der Waals surface area contributed by atoms with Gasteiger partial charge in [-0.1, -0.05) is 20.3 Å². The largest absolute Gasteiger partial charge is 0.481 e. The molecule has 0 amide bonds. The summed E-state index contributed by atoms with van der Waals surface area (Å²) >= 11 is 0. The van der Waals surface area contributed by atoms with Gasteiger partial charge in [-0.2, -0.15) is 0 Å². The summed E-state index contributed by atoms with van der Waals surface area (Å²) in [5.74, 6) is -1.02. The van der Waals surface area contributed by atoms with Gasteiger partial charge in [0.05, 0.1) is 5.92 Å². The van der Waals surface area contributed by atoms with Gasteiger partial charge in [-0.25, -0.2) is 0 Å². The van der Waals surface area contributed by atoms with Crippen molar-refractivity contribution >= 4 is 5.97 Å². The zero-order valence-corrected chi connectivity index (χ0v) is 9.95. The van der Waals surface area contributed by atoms with Crippen LogP contribution in [0.4, 0.5) is 0 Å². The zero-order valence-electron chi connectivity index (χ0n) is 9.95. The summed E-state index contributed by atoms with van der Waals surface area (Å²) < 4.78 is 0. The molecule has 1 N–H and O–H groups in total. The Bertz CT molecular complexity index is 182. The first-order valence-electron chi connectivity index (χ1n) is 5.36. The van der Waals surface area contributed by atoms with E-state index in [-0.39, 0.29) is 12.0 Å². The quantitative estimate of drug-likeness (QED) is 0.716. The first-order chi connectivity index (χ1) is 6.41. The summed E-state index contributed by atoms with van der Waals surface area (Å²) in [6.07, 6.45) is 2.26. The molecule has 0 aromatic heterocycles. The van der Waals surface area contributed by atoms with Gasteiger partial charge < -0.3 is 10.0 Å². The Morgan fingerprint density at radius 2 is 1.86 bits per heavy atom. The van der Waals surface area contributed by atoms with Crippen LogP contribution in [0.25, 0.3) is 0 Å². The van der Waals surface area contributed by atoms with E-state index < -0.39 is 5.97 Å². The van der Waals surface area contributed by atoms with Gasteiger partial charge in [0.2, 0.25) is 0 Å². The molecule has 0 aliphatic rings. The Hall–Kier alpha value is -0.570. The van der Waals surface area contributed by atoms with E-state index in [0.29, 0.717) is 6.04 Å². The predicted octanol–water partition coefficient (Wildman–Crippen LogP) is 2.22. The normalized spacial score (nSPS) is 17.9. The number of nitrogens with zero attached hydrogens (tertiary/aromatic N) is 1. The van der Waals surface area contributed by atoms with E-state index in [1.54, 1.807) is 6.92 Å². The van der Waals surface area contributed by atoms with Crippen LogP contribution in [-0.2, 0) is 4.79 Å². The molecule has 0 radical (unpaired) electrons. The lowest BCUT2D eigenvalue weighted by Gasteiger charge is -2.32. The van der Waals surface area contributed by atoms with Crippen LogP contribution in [0, 0.1) is 5.92 Å². The summed E-state index contributed by atoms with van der Waals surface area (Å²) in [7, 11) is 2.00. The molecule has 0 fully saturated rings. The summed E-state index contributed by atoms with van der Waals surface area (Å²) in [6, 6.07) is 0.547. The lowest BCUT2D eigenvalue weighted by Crippen LogP contribution is -2.42. The Labute approximate surface area is 87.1 Å². The van der Waals surface area contributed by atoms with E-state index in [9.17, 15) is 4.79 Å². The van der Waals surface area contributed by atoms with Gasteiger partial charge in [0.1, 0.15) is 0 Å². The molecule has 0 saturated carbocycles. The topological polar surface area (TPSA) is 40.5 Å². The molecule has 0 aromatic rings. The molecule has 0 spiro atoms. The van der Waals surface area contributed by atoms with Crippen molar-refractivity contribution in [1.82, 2.24) is 4.90 Å². The monoisotopic (exact) mass is 201 g/mol. The van der Waals surface area contributed by atoms with E-state index >= 15 is 0 Å². The van der Waals surface area contributed by atoms with Gasteiger partial charge >= 0.3 is 5.97 Å². The third-order valence-electron chi connectivity index (χ3n) is 3.16. The summed E-state index contributed by atoms with van der Waals surface area (Å²) in [5, 5.41) is 8.89. The van der Waals surface area contributed by atoms with Crippen LogP contribution in [0.5, 0.6) is 0 Å². The van der Waals surface area contributed by atoms with E-state index in [1.165, 1.54) is 0 Å². The number of aliphatic carboxylic acids is 1. The molecule has 14 heavy (non-hydrogen) atoms. The second-order valence-electron chi connectivity index (χ2n) is 4.17. The van der Waals surface area contributed by atoms with Gasteiger partial charge in [-0.15, -0.1) is 0 Å². The minimum atomic E-state index is -0.715. The maximum atomic E-state index is 10.8. The lowest BCUT2D eigenvalue weighted by molar-refractivity contribution is -0.143. The number of carboxylic acid groups (broad SMARTS) is 1. The third kappa shape index (κ3) is 3.66. The second-order valence-corrected chi connectivity index (χ2v) is 4.17. The molecule has 0 aromatic carbocycles. The van der Waals surface area contributed by atoms with Crippen LogP contribution in [0.1, 0.15) is 40.5 Å². The molecular formula is C11H23NO2. The smallest absolute Gasteiger partial charge is 0.307 e. The third-order valence-corrected chi connectivity index (χ3v) is 3.16. The van der Waals surface area contributed by atoms with Crippen molar-refractivity contribution in [3.63, 3.8) is 0 Å². The molecule has 0 aliphatic carbocycles. The number of carboxylic acids is 1. The van der Waals surface area contributed by atoms with Crippen LogP contribution >= 0.6 is 0 Å². The van der Waals surface area contributed by atoms with Crippen LogP contribution in [0.3, 0.4) is 0 Å². The van der Waals surface area contributed by atoms with Gasteiger partial charge in [-0.3, -0.25) is 4.79 Å². The van der Waals surface area contributed by atoms with Crippen molar-refractivity contribution < 1.29 is 9.90 Å². The molecule has 0 rings (SSSR count). The van der Waals surface area contributed by atoms with Crippen molar-refractivity contribution in [2.24, 2.45) is 5.92 Å². The first-order valence-corrected chi connectivity index (χ1v) is 5.36. The average Bonchev–Trinajstić information content (AvgIpc) is 2.14. The van der Waals surface area contributed by atoms with Crippen molar-refractivity contribution in [3.8, 4) is 0 Å². The van der Waals surface area contributed by atoms with Crippen molar-refractivity contribution in [1.29, 1.82) is 0 Å². The highest BCUT2D eigenvalue weighted by Crippen LogP contribution is 2.14. The van der Waals surface area contributed by atoms with Gasteiger partial charge in [-0.05, 0) is 27.3 Å². The van der Waals surface area contributed by atoms with Crippen molar-refractivity contribution in [2.75, 3.05) is 7.05 Å². The first kappa shape index (κ1) is 13.4. The predicted molar refractivity (Wildman–Crippen MR) is 58.4 cm³/mol. The summed E-state index contributed by atoms with van der Waals surface area (Å²) in [4.78, 5) is 13.0. The van der Waals surface area contributed by atoms with Crippen molar-refractivity contribution in [3.05, 3.63) is 0 Å². The zero-order chi connectivity index (χ0) is 11.3. The Morgan fingerprint density at radius 3 is 2.21 bits per heavy atom. The average molecular weight is 201 g/mol. The van der Waals surface area contributed by atoms with Crippen LogP contribution in [0.15, 0.2) is 0 Å². The number of rotatable bonds is 6. The molecule has 3 heteroatoms. The number of hydrogen-bond acceptors (Lipinski definition) is 2. The second kappa shape index (κ2) is 6.02. The SMILES string of the molecule is CCCC(C)N(C)C(C)C(C)C(=O)O. The minimum absolute atomic E-state index is 0.0917. The van der Waals surface area contributed by atoms with Gasteiger partial charge in [0.15, 0.2) is 0 Å². The molecule has 0 aliphatic heterocycles. The fourth-order valence-corrected chi connectivity index (χ4v) is 1.58. The molecule has 0 heterocycles. The highest BCUT2D eigenvalue weighted by molar-refractivity contribution is 5.70. The number of hydrogen-bond donors (Lipinski definition) is 1. The Balaban J connectivity index is 4.22. The standard InChI is InChI=1S/C11H23NO2/c1-6-7-8(2)12(5)10(4)9(3)11(13)14/h8-10H,6-7H2,1-5H3,(H,13,14). The van der Waals surface area contributed by atoms with E-state index in [2.05, 4.69) is 18.7 Å². The van der Waals surface area contributed by atoms with Gasteiger partial charge in [0.25, 0.3) is 0 Å². The maximum absolute atomic E-state index is 10.8. The lowest BCUT2D eigenvalue weighted by atomic mass is 10.0. The molecule has 0 saturated heterocycles. The van der Waals surface area contributed by atoms with E-state index in [4.69, 9.17) is 5.11 Å². The molecule has 3 nitrogen and oxygen atoms in total. The van der Waals surface area contributed by atoms with E-state index in [1.807, 2.05) is 14.0 Å². The molecule has 0 bridgehead atoms. The van der Waals surface area contributed by atoms with Crippen molar-refractivity contribution in [2.45, 2.75) is 52.6 Å². The Kier molecular flexibility index (Phi) is 5.77. The molecule has 3 atom stereocenters. The fourth-order valence-electron chi connectivity index (χ4n) is 1.58. The van der Waals surface area contributed by atoms with Gasteiger partial charge in [0, 0.05) is 12.1 Å². The summed E-state index contributed by atoms with van der Waals surface area (Å²) in [5.41, 5.74) is 0. The highest BCUT2D eigenvalue weighted by Gasteiger charge is 2.25. The molecule has 3 unspecified atom stereocenters. The highest BCUT2D eigenvalue weighted by atomic mass is 16.4. The van der Waals surface area contributed by atoms with Crippen LogP contribution in [-0.4, -0.2) is 35.1 Å². The van der Waals surface area contributed by atoms with Crippen LogP contribution in [0.2, 0.25) is 0 Å². The Morgan fingerprint density at radius 1 is 1.36 bits per heavy atom. The van der Waals surface area contributed by atoms with Crippen LogP contribution < -0.4 is 0 Å². The summed E-state index contributed by atoms with van der Waals surface area (Å²) in [6.45, 7) is 8.04. The molecular weight excluding hydrogens is 178 g/mol. The molecule has 84 valence electrons. The minimum Gasteiger partial charge on any atom is -0.481 e. The maximum Gasteiger partial charge on any atom is 0.307 e.